The second-order valence-electron chi connectivity index (χ2n) is 12.9. The minimum Gasteiger partial charge on any atom is -0.481 e. The summed E-state index contributed by atoms with van der Waals surface area (Å²) in [6, 6.07) is 0.0528. The van der Waals surface area contributed by atoms with E-state index in [4.69, 9.17) is 9.84 Å². The van der Waals surface area contributed by atoms with Crippen LogP contribution in [0.1, 0.15) is 98.8 Å². The number of nitrogens with one attached hydrogen (secondary N) is 1. The summed E-state index contributed by atoms with van der Waals surface area (Å²) in [5.74, 6) is 1.93. The number of amides is 1. The van der Waals surface area contributed by atoms with Crippen LogP contribution in [0.3, 0.4) is 0 Å². The van der Waals surface area contributed by atoms with Crippen molar-refractivity contribution in [3.05, 3.63) is 0 Å². The van der Waals surface area contributed by atoms with Crippen LogP contribution < -0.4 is 5.32 Å². The highest BCUT2D eigenvalue weighted by Crippen LogP contribution is 2.67. The zero-order valence-electron chi connectivity index (χ0n) is 21.8. The molecule has 4 fully saturated rings. The van der Waals surface area contributed by atoms with Crippen molar-refractivity contribution >= 4 is 17.8 Å². The molecule has 0 bridgehead atoms. The summed E-state index contributed by atoms with van der Waals surface area (Å²) in [4.78, 5) is 37.0. The Kier molecular flexibility index (Phi) is 7.10. The molecule has 0 aromatic heterocycles. The molecule has 0 spiro atoms. The molecular formula is C28H45NO5. The van der Waals surface area contributed by atoms with Crippen LogP contribution in [-0.4, -0.2) is 35.1 Å². The second kappa shape index (κ2) is 9.46. The number of ketones is 1. The number of hydrogen-bond donors (Lipinski definition) is 2. The van der Waals surface area contributed by atoms with Crippen molar-refractivity contribution in [1.29, 1.82) is 0 Å². The number of aliphatic carboxylic acids is 1. The predicted molar refractivity (Wildman–Crippen MR) is 130 cm³/mol. The fourth-order valence-corrected chi connectivity index (χ4v) is 8.95. The van der Waals surface area contributed by atoms with Crippen LogP contribution in [0, 0.1) is 46.3 Å². The number of alkyl carbamates (subject to hydrolysis) is 1. The SMILES string of the molecule is CC(C)NC(=O)O[C@@H]1CC[C@@]2(C)[C@H](CC(=O)[C@@H]3[C@@H]2CC[C@]2(C)[C@@H]([C@H](C)CCC(=O)O)CC[C@@H]32)C1. The Balaban J connectivity index is 1.47. The van der Waals surface area contributed by atoms with E-state index in [1.165, 1.54) is 0 Å². The molecule has 0 heterocycles. The molecular weight excluding hydrogens is 430 g/mol. The highest BCUT2D eigenvalue weighted by molar-refractivity contribution is 5.83. The molecule has 6 nitrogen and oxygen atoms in total. The maximum absolute atomic E-state index is 13.7. The van der Waals surface area contributed by atoms with Gasteiger partial charge in [0, 0.05) is 24.8 Å². The number of rotatable bonds is 6. The Hall–Kier alpha value is -1.59. The molecule has 0 unspecified atom stereocenters. The summed E-state index contributed by atoms with van der Waals surface area (Å²) in [7, 11) is 0. The van der Waals surface area contributed by atoms with Gasteiger partial charge in [0.2, 0.25) is 0 Å². The van der Waals surface area contributed by atoms with Gasteiger partial charge in [-0.15, -0.1) is 0 Å². The van der Waals surface area contributed by atoms with E-state index in [1.807, 2.05) is 13.8 Å². The standard InChI is InChI=1S/C28H45NO5/c1-16(2)29-26(33)34-19-10-12-27(4)18(14-19)15-23(30)25-21-8-7-20(17(3)6-9-24(31)32)28(21,5)13-11-22(25)27/h16-22,25H,6-15H2,1-5H3,(H,29,33)(H,31,32)/t17-,18+,19-,20-,21+,22+,25+,27+,28-/m1/s1. The van der Waals surface area contributed by atoms with E-state index >= 15 is 0 Å². The van der Waals surface area contributed by atoms with Gasteiger partial charge >= 0.3 is 12.1 Å². The molecule has 6 heteroatoms. The van der Waals surface area contributed by atoms with Gasteiger partial charge in [0.05, 0.1) is 0 Å². The van der Waals surface area contributed by atoms with Crippen molar-refractivity contribution < 1.29 is 24.2 Å². The lowest BCUT2D eigenvalue weighted by molar-refractivity contribution is -0.160. The number of carbonyl (C=O) groups is 3. The molecule has 192 valence electrons. The molecule has 0 aromatic rings. The van der Waals surface area contributed by atoms with E-state index in [-0.39, 0.29) is 41.4 Å². The lowest BCUT2D eigenvalue weighted by atomic mass is 9.44. The fraction of sp³-hybridized carbons (Fsp3) is 0.893. The molecule has 4 saturated carbocycles. The molecule has 4 rings (SSSR count). The van der Waals surface area contributed by atoms with Crippen LogP contribution in [-0.2, 0) is 14.3 Å². The molecule has 34 heavy (non-hydrogen) atoms. The van der Waals surface area contributed by atoms with Crippen molar-refractivity contribution in [3.63, 3.8) is 0 Å². The molecule has 0 radical (unpaired) electrons. The maximum atomic E-state index is 13.7. The van der Waals surface area contributed by atoms with Crippen molar-refractivity contribution in [2.75, 3.05) is 0 Å². The largest absolute Gasteiger partial charge is 0.481 e. The summed E-state index contributed by atoms with van der Waals surface area (Å²) in [5, 5.41) is 12.0. The van der Waals surface area contributed by atoms with Crippen molar-refractivity contribution in [2.24, 2.45) is 46.3 Å². The minimum atomic E-state index is -0.710. The Morgan fingerprint density at radius 2 is 1.74 bits per heavy atom. The average molecular weight is 476 g/mol. The van der Waals surface area contributed by atoms with E-state index in [9.17, 15) is 14.4 Å². The Morgan fingerprint density at radius 1 is 1.06 bits per heavy atom. The average Bonchev–Trinajstić information content (AvgIpc) is 3.09. The van der Waals surface area contributed by atoms with Gasteiger partial charge in [-0.25, -0.2) is 4.79 Å². The quantitative estimate of drug-likeness (QED) is 0.504. The fourth-order valence-electron chi connectivity index (χ4n) is 8.95. The molecule has 1 amide bonds. The first-order valence-corrected chi connectivity index (χ1v) is 13.7. The van der Waals surface area contributed by atoms with Crippen LogP contribution in [0.4, 0.5) is 4.79 Å². The van der Waals surface area contributed by atoms with Crippen LogP contribution in [0.15, 0.2) is 0 Å². The zero-order chi connectivity index (χ0) is 24.8. The van der Waals surface area contributed by atoms with Crippen LogP contribution in [0.2, 0.25) is 0 Å². The summed E-state index contributed by atoms with van der Waals surface area (Å²) in [6.45, 7) is 10.9. The topological polar surface area (TPSA) is 92.7 Å². The maximum Gasteiger partial charge on any atom is 0.407 e. The highest BCUT2D eigenvalue weighted by atomic mass is 16.6. The first-order valence-electron chi connectivity index (χ1n) is 13.7. The molecule has 9 atom stereocenters. The van der Waals surface area contributed by atoms with Gasteiger partial charge in [0.1, 0.15) is 11.9 Å². The van der Waals surface area contributed by atoms with Crippen LogP contribution >= 0.6 is 0 Å². The summed E-state index contributed by atoms with van der Waals surface area (Å²) in [5.41, 5.74) is 0.286. The highest BCUT2D eigenvalue weighted by Gasteiger charge is 2.63. The van der Waals surface area contributed by atoms with Gasteiger partial charge in [0.25, 0.3) is 0 Å². The Labute approximate surface area is 205 Å². The van der Waals surface area contributed by atoms with E-state index in [0.29, 0.717) is 41.8 Å². The number of carbonyl (C=O) groups excluding carboxylic acids is 2. The number of fused-ring (bicyclic) bond motifs is 5. The Bertz CT molecular complexity index is 811. The van der Waals surface area contributed by atoms with Gasteiger partial charge in [-0.05, 0) is 106 Å². The molecule has 4 aliphatic carbocycles. The third-order valence-electron chi connectivity index (χ3n) is 10.7. The van der Waals surface area contributed by atoms with E-state index in [0.717, 1.165) is 51.4 Å². The monoisotopic (exact) mass is 475 g/mol. The molecule has 0 aliphatic heterocycles. The number of carboxylic acid groups (broad SMARTS) is 1. The van der Waals surface area contributed by atoms with Gasteiger partial charge in [0.15, 0.2) is 0 Å². The van der Waals surface area contributed by atoms with Crippen LogP contribution in [0.5, 0.6) is 0 Å². The number of carboxylic acids is 1. The normalized spacial score (nSPS) is 42.4. The van der Waals surface area contributed by atoms with E-state index in [2.05, 4.69) is 26.1 Å². The number of ether oxygens (including phenoxy) is 1. The first-order chi connectivity index (χ1) is 16.0. The van der Waals surface area contributed by atoms with Crippen molar-refractivity contribution in [3.8, 4) is 0 Å². The van der Waals surface area contributed by atoms with Gasteiger partial charge in [-0.3, -0.25) is 9.59 Å². The zero-order valence-corrected chi connectivity index (χ0v) is 21.8. The lowest BCUT2D eigenvalue weighted by Crippen LogP contribution is -2.57. The van der Waals surface area contributed by atoms with Crippen molar-refractivity contribution in [2.45, 2.75) is 111 Å². The Morgan fingerprint density at radius 3 is 2.41 bits per heavy atom. The summed E-state index contributed by atoms with van der Waals surface area (Å²) < 4.78 is 5.73. The van der Waals surface area contributed by atoms with Gasteiger partial charge < -0.3 is 15.2 Å². The molecule has 2 N–H and O–H groups in total. The van der Waals surface area contributed by atoms with Crippen molar-refractivity contribution in [1.82, 2.24) is 5.32 Å². The second-order valence-corrected chi connectivity index (χ2v) is 12.9. The third kappa shape index (κ3) is 4.51. The molecule has 0 saturated heterocycles. The predicted octanol–water partition coefficient (Wildman–Crippen LogP) is 5.83. The van der Waals surface area contributed by atoms with Gasteiger partial charge in [-0.2, -0.15) is 0 Å². The van der Waals surface area contributed by atoms with E-state index in [1.54, 1.807) is 0 Å². The lowest BCUT2D eigenvalue weighted by Gasteiger charge is -2.60. The molecule has 0 aromatic carbocycles. The summed E-state index contributed by atoms with van der Waals surface area (Å²) >= 11 is 0. The molecule has 4 aliphatic rings. The van der Waals surface area contributed by atoms with Crippen LogP contribution in [0.25, 0.3) is 0 Å². The first kappa shape index (κ1) is 25.5. The minimum absolute atomic E-state index is 0.0528. The smallest absolute Gasteiger partial charge is 0.407 e. The van der Waals surface area contributed by atoms with Gasteiger partial charge in [-0.1, -0.05) is 20.8 Å². The number of Topliss-reactive ketones (excluding diaryl/α,β-unsaturated/α-hetero) is 1. The van der Waals surface area contributed by atoms with E-state index < -0.39 is 5.97 Å². The summed E-state index contributed by atoms with van der Waals surface area (Å²) in [6.07, 6.45) is 8.32. The number of hydrogen-bond acceptors (Lipinski definition) is 4. The third-order valence-corrected chi connectivity index (χ3v) is 10.7.